The molecule has 0 spiro atoms. The molecule has 0 heteroatoms. The second kappa shape index (κ2) is 16.3. The highest BCUT2D eigenvalue weighted by Gasteiger charge is 2.00. The number of allylic oxidation sites excluding steroid dienone is 2. The van der Waals surface area contributed by atoms with E-state index in [2.05, 4.69) is 61.5 Å². The maximum Gasteiger partial charge on any atom is -0.0152 e. The molecule has 0 radical (unpaired) electrons. The highest BCUT2D eigenvalue weighted by molar-refractivity contribution is 5.85. The largest absolute Gasteiger partial charge is 0.0885 e. The predicted octanol–water partition coefficient (Wildman–Crippen LogP) is 9.81. The maximum atomic E-state index is 2.43. The summed E-state index contributed by atoms with van der Waals surface area (Å²) < 4.78 is 0. The van der Waals surface area contributed by atoms with Gasteiger partial charge in [0.1, 0.15) is 0 Å². The Labute approximate surface area is 180 Å². The van der Waals surface area contributed by atoms with Crippen LogP contribution in [0.4, 0.5) is 0 Å². The van der Waals surface area contributed by atoms with Crippen molar-refractivity contribution in [3.05, 3.63) is 60.2 Å². The number of hydrogen-bond donors (Lipinski definition) is 0. The molecule has 0 saturated heterocycles. The maximum absolute atomic E-state index is 2.43. The first-order valence-corrected chi connectivity index (χ1v) is 12.5. The molecule has 0 aliphatic heterocycles. The third-order valence-corrected chi connectivity index (χ3v) is 6.09. The van der Waals surface area contributed by atoms with Crippen LogP contribution in [0.2, 0.25) is 0 Å². The van der Waals surface area contributed by atoms with E-state index < -0.39 is 0 Å². The fourth-order valence-electron chi connectivity index (χ4n) is 4.25. The smallest absolute Gasteiger partial charge is 0.0152 e. The minimum absolute atomic E-state index is 1.22. The predicted molar refractivity (Wildman–Crippen MR) is 132 cm³/mol. The van der Waals surface area contributed by atoms with E-state index in [-0.39, 0.29) is 0 Å². The van der Waals surface area contributed by atoms with Crippen molar-refractivity contribution in [2.75, 3.05) is 0 Å². The van der Waals surface area contributed by atoms with Gasteiger partial charge in [-0.05, 0) is 54.9 Å². The second-order valence-corrected chi connectivity index (χ2v) is 8.68. The van der Waals surface area contributed by atoms with Crippen molar-refractivity contribution in [2.45, 2.75) is 110 Å². The molecule has 29 heavy (non-hydrogen) atoms. The fraction of sp³-hybridized carbons (Fsp3) is 0.586. The van der Waals surface area contributed by atoms with Crippen LogP contribution >= 0.6 is 0 Å². The zero-order chi connectivity index (χ0) is 20.4. The van der Waals surface area contributed by atoms with Crippen molar-refractivity contribution in [1.29, 1.82) is 0 Å². The summed E-state index contributed by atoms with van der Waals surface area (Å²) in [6, 6.07) is 15.5. The normalized spacial score (nSPS) is 11.6. The summed E-state index contributed by atoms with van der Waals surface area (Å²) in [5.74, 6) is 0. The average Bonchev–Trinajstić information content (AvgIpc) is 2.76. The van der Waals surface area contributed by atoms with Crippen molar-refractivity contribution in [1.82, 2.24) is 0 Å². The van der Waals surface area contributed by atoms with Gasteiger partial charge in [-0.1, -0.05) is 126 Å². The van der Waals surface area contributed by atoms with E-state index >= 15 is 0 Å². The standard InChI is InChI=1S/C29H44/c1-2-3-4-5-6-7-8-9-10-11-12-13-14-15-16-17-18-22-27-24-21-25-28-23-19-20-26-29(27)28/h12-13,19-21,23-26H,2-11,14-18,22H2,1H3/b13-12+. The van der Waals surface area contributed by atoms with Crippen LogP contribution in [0.5, 0.6) is 0 Å². The van der Waals surface area contributed by atoms with Gasteiger partial charge in [-0.25, -0.2) is 0 Å². The Balaban J connectivity index is 1.39. The molecular formula is C29H44. The van der Waals surface area contributed by atoms with E-state index in [0.29, 0.717) is 0 Å². The van der Waals surface area contributed by atoms with Crippen LogP contribution in [0.25, 0.3) is 10.8 Å². The lowest BCUT2D eigenvalue weighted by atomic mass is 9.99. The number of aryl methyl sites for hydroxylation is 1. The van der Waals surface area contributed by atoms with Crippen LogP contribution in [0, 0.1) is 0 Å². The van der Waals surface area contributed by atoms with E-state index in [9.17, 15) is 0 Å². The zero-order valence-electron chi connectivity index (χ0n) is 19.0. The SMILES string of the molecule is CCCCCCCCCCC/C=C/CCCCCCc1cccc2ccccc12. The van der Waals surface area contributed by atoms with Gasteiger partial charge >= 0.3 is 0 Å². The summed E-state index contributed by atoms with van der Waals surface area (Å²) >= 11 is 0. The first kappa shape index (κ1) is 23.7. The van der Waals surface area contributed by atoms with Crippen LogP contribution in [-0.2, 0) is 6.42 Å². The monoisotopic (exact) mass is 392 g/mol. The Hall–Kier alpha value is -1.56. The molecule has 0 N–H and O–H groups in total. The number of unbranched alkanes of at least 4 members (excludes halogenated alkanes) is 13. The molecule has 0 bridgehead atoms. The molecule has 0 unspecified atom stereocenters. The molecule has 0 amide bonds. The molecule has 0 aliphatic carbocycles. The summed E-state index contributed by atoms with van der Waals surface area (Å²) in [5, 5.41) is 2.82. The third-order valence-electron chi connectivity index (χ3n) is 6.09. The molecule has 0 atom stereocenters. The minimum Gasteiger partial charge on any atom is -0.0885 e. The Morgan fingerprint density at radius 2 is 1.10 bits per heavy atom. The Kier molecular flexibility index (Phi) is 13.3. The van der Waals surface area contributed by atoms with Gasteiger partial charge in [-0.2, -0.15) is 0 Å². The van der Waals surface area contributed by atoms with Crippen molar-refractivity contribution < 1.29 is 0 Å². The van der Waals surface area contributed by atoms with Crippen molar-refractivity contribution in [3.63, 3.8) is 0 Å². The lowest BCUT2D eigenvalue weighted by molar-refractivity contribution is 0.566. The lowest BCUT2D eigenvalue weighted by Crippen LogP contribution is -1.88. The van der Waals surface area contributed by atoms with Crippen molar-refractivity contribution >= 4 is 10.8 Å². The van der Waals surface area contributed by atoms with Gasteiger partial charge in [-0.15, -0.1) is 0 Å². The summed E-state index contributed by atoms with van der Waals surface area (Å²) in [4.78, 5) is 0. The first-order chi connectivity index (χ1) is 14.4. The highest BCUT2D eigenvalue weighted by Crippen LogP contribution is 2.20. The first-order valence-electron chi connectivity index (χ1n) is 12.5. The zero-order valence-corrected chi connectivity index (χ0v) is 19.0. The van der Waals surface area contributed by atoms with Crippen LogP contribution < -0.4 is 0 Å². The van der Waals surface area contributed by atoms with Gasteiger partial charge < -0.3 is 0 Å². The van der Waals surface area contributed by atoms with Gasteiger partial charge in [0.15, 0.2) is 0 Å². The number of rotatable bonds is 17. The van der Waals surface area contributed by atoms with Crippen LogP contribution in [0.1, 0.15) is 109 Å². The molecule has 0 fully saturated rings. The number of hydrogen-bond acceptors (Lipinski definition) is 0. The lowest BCUT2D eigenvalue weighted by Gasteiger charge is -2.06. The minimum atomic E-state index is 1.22. The van der Waals surface area contributed by atoms with Gasteiger partial charge in [0.05, 0.1) is 0 Å². The van der Waals surface area contributed by atoms with E-state index in [0.717, 1.165) is 0 Å². The van der Waals surface area contributed by atoms with E-state index in [1.165, 1.54) is 119 Å². The molecule has 0 saturated carbocycles. The Bertz CT molecular complexity index is 661. The fourth-order valence-corrected chi connectivity index (χ4v) is 4.25. The molecule has 0 nitrogen and oxygen atoms in total. The van der Waals surface area contributed by atoms with Gasteiger partial charge in [0.25, 0.3) is 0 Å². The third kappa shape index (κ3) is 10.7. The van der Waals surface area contributed by atoms with Crippen molar-refractivity contribution in [3.8, 4) is 0 Å². The van der Waals surface area contributed by atoms with Gasteiger partial charge in [-0.3, -0.25) is 0 Å². The average molecular weight is 393 g/mol. The Morgan fingerprint density at radius 3 is 1.79 bits per heavy atom. The summed E-state index contributed by atoms with van der Waals surface area (Å²) in [6.07, 6.45) is 26.9. The van der Waals surface area contributed by atoms with E-state index in [4.69, 9.17) is 0 Å². The van der Waals surface area contributed by atoms with Crippen molar-refractivity contribution in [2.24, 2.45) is 0 Å². The summed E-state index contributed by atoms with van der Waals surface area (Å²) in [7, 11) is 0. The summed E-state index contributed by atoms with van der Waals surface area (Å²) in [6.45, 7) is 2.29. The molecule has 0 aromatic heterocycles. The van der Waals surface area contributed by atoms with Gasteiger partial charge in [0, 0.05) is 0 Å². The van der Waals surface area contributed by atoms with E-state index in [1.807, 2.05) is 0 Å². The quantitative estimate of drug-likeness (QED) is 0.185. The summed E-state index contributed by atoms with van der Waals surface area (Å²) in [5.41, 5.74) is 1.52. The van der Waals surface area contributed by atoms with Crippen LogP contribution in [0.15, 0.2) is 54.6 Å². The van der Waals surface area contributed by atoms with Crippen LogP contribution in [-0.4, -0.2) is 0 Å². The second-order valence-electron chi connectivity index (χ2n) is 8.68. The van der Waals surface area contributed by atoms with Crippen LogP contribution in [0.3, 0.4) is 0 Å². The molecule has 2 rings (SSSR count). The Morgan fingerprint density at radius 1 is 0.552 bits per heavy atom. The molecule has 0 aliphatic rings. The van der Waals surface area contributed by atoms with E-state index in [1.54, 1.807) is 0 Å². The van der Waals surface area contributed by atoms with Gasteiger partial charge in [0.2, 0.25) is 0 Å². The molecule has 0 heterocycles. The molecular weight excluding hydrogens is 348 g/mol. The molecule has 160 valence electrons. The highest BCUT2D eigenvalue weighted by atomic mass is 14.0. The molecule has 2 aromatic carbocycles. The topological polar surface area (TPSA) is 0 Å². The molecule has 2 aromatic rings. The number of benzene rings is 2. The number of fused-ring (bicyclic) bond motifs is 1.